The summed E-state index contributed by atoms with van der Waals surface area (Å²) in [6, 6.07) is 13.0. The van der Waals surface area contributed by atoms with Crippen molar-refractivity contribution in [2.75, 3.05) is 13.7 Å². The first-order chi connectivity index (χ1) is 12.4. The van der Waals surface area contributed by atoms with Crippen molar-refractivity contribution in [2.45, 2.75) is 18.2 Å². The zero-order valence-corrected chi connectivity index (χ0v) is 16.8. The van der Waals surface area contributed by atoms with Crippen LogP contribution >= 0.6 is 15.9 Å². The molecular weight excluding hydrogens is 418 g/mol. The highest BCUT2D eigenvalue weighted by Gasteiger charge is 2.21. The maximum absolute atomic E-state index is 12.7. The number of hydrogen-bond donors (Lipinski definition) is 0. The number of nitrogens with zero attached hydrogens (tertiary/aromatic N) is 1. The summed E-state index contributed by atoms with van der Waals surface area (Å²) in [5.41, 5.74) is 0.508. The lowest BCUT2D eigenvalue weighted by atomic mass is 10.2. The van der Waals surface area contributed by atoms with E-state index in [-0.39, 0.29) is 9.80 Å². The number of hydrogen-bond acceptors (Lipinski definition) is 5. The van der Waals surface area contributed by atoms with E-state index in [4.69, 9.17) is 9.47 Å². The van der Waals surface area contributed by atoms with Crippen LogP contribution in [0.5, 0.6) is 11.5 Å². The summed E-state index contributed by atoms with van der Waals surface area (Å²) in [6.45, 7) is 2.51. The molecule has 0 atom stereocenters. The van der Waals surface area contributed by atoms with E-state index >= 15 is 0 Å². The molecule has 0 N–H and O–H groups in total. The van der Waals surface area contributed by atoms with Gasteiger partial charge < -0.3 is 9.47 Å². The van der Waals surface area contributed by atoms with E-state index in [9.17, 15) is 13.7 Å². The topological polar surface area (TPSA) is 76.4 Å². The Bertz CT molecular complexity index is 947. The summed E-state index contributed by atoms with van der Waals surface area (Å²) in [4.78, 5) is -0.276. The van der Waals surface area contributed by atoms with Gasteiger partial charge in [0.2, 0.25) is 9.84 Å². The zero-order valence-electron chi connectivity index (χ0n) is 14.4. The van der Waals surface area contributed by atoms with E-state index in [1.165, 1.54) is 25.3 Å². The Labute approximate surface area is 161 Å². The average molecular weight is 436 g/mol. The minimum absolute atomic E-state index is 0.0710. The molecule has 0 saturated carbocycles. The molecule has 0 unspecified atom stereocenters. The first-order valence-corrected chi connectivity index (χ1v) is 10.1. The van der Waals surface area contributed by atoms with E-state index in [1.807, 2.05) is 6.92 Å². The second kappa shape index (κ2) is 8.88. The molecule has 7 heteroatoms. The lowest BCUT2D eigenvalue weighted by molar-refractivity contribution is 0.292. The number of methoxy groups -OCH3 is 1. The summed E-state index contributed by atoms with van der Waals surface area (Å²) >= 11 is 3.41. The van der Waals surface area contributed by atoms with Gasteiger partial charge in [-0.15, -0.1) is 0 Å². The standard InChI is InChI=1S/C19H18BrNO4S/c1-3-9-25-19-17(20)11-14(12-18(19)24-2)10-16(13-21)26(22,23)15-7-5-4-6-8-15/h4-8,10-12H,3,9H2,1-2H3. The van der Waals surface area contributed by atoms with Crippen LogP contribution in [0, 0.1) is 11.3 Å². The van der Waals surface area contributed by atoms with Gasteiger partial charge >= 0.3 is 0 Å². The van der Waals surface area contributed by atoms with Crippen LogP contribution in [-0.4, -0.2) is 22.1 Å². The predicted molar refractivity (Wildman–Crippen MR) is 104 cm³/mol. The first kappa shape index (κ1) is 20.0. The fourth-order valence-electron chi connectivity index (χ4n) is 2.22. The Hall–Kier alpha value is -2.30. The Balaban J connectivity index is 2.50. The van der Waals surface area contributed by atoms with Crippen molar-refractivity contribution < 1.29 is 17.9 Å². The summed E-state index contributed by atoms with van der Waals surface area (Å²) < 4.78 is 36.9. The predicted octanol–water partition coefficient (Wildman–Crippen LogP) is 4.58. The number of nitriles is 1. The summed E-state index contributed by atoms with van der Waals surface area (Å²) in [7, 11) is -2.39. The minimum Gasteiger partial charge on any atom is -0.493 e. The lowest BCUT2D eigenvalue weighted by Crippen LogP contribution is -2.03. The van der Waals surface area contributed by atoms with Crippen molar-refractivity contribution in [3.05, 3.63) is 57.4 Å². The van der Waals surface area contributed by atoms with Crippen molar-refractivity contribution in [1.29, 1.82) is 5.26 Å². The van der Waals surface area contributed by atoms with Gasteiger partial charge in [0.25, 0.3) is 0 Å². The number of benzene rings is 2. The van der Waals surface area contributed by atoms with Gasteiger partial charge in [0, 0.05) is 0 Å². The highest BCUT2D eigenvalue weighted by atomic mass is 79.9. The molecule has 2 aromatic rings. The molecule has 0 radical (unpaired) electrons. The maximum Gasteiger partial charge on any atom is 0.216 e. The Morgan fingerprint density at radius 3 is 2.54 bits per heavy atom. The smallest absolute Gasteiger partial charge is 0.216 e. The van der Waals surface area contributed by atoms with Crippen LogP contribution in [0.15, 0.2) is 56.7 Å². The summed E-state index contributed by atoms with van der Waals surface area (Å²) in [6.07, 6.45) is 2.16. The quantitative estimate of drug-likeness (QED) is 0.594. The van der Waals surface area contributed by atoms with E-state index in [2.05, 4.69) is 15.9 Å². The minimum atomic E-state index is -3.89. The van der Waals surface area contributed by atoms with E-state index in [0.717, 1.165) is 6.42 Å². The van der Waals surface area contributed by atoms with E-state index in [1.54, 1.807) is 36.4 Å². The van der Waals surface area contributed by atoms with Crippen molar-refractivity contribution in [3.8, 4) is 17.6 Å². The molecule has 0 amide bonds. The van der Waals surface area contributed by atoms with Gasteiger partial charge in [-0.2, -0.15) is 5.26 Å². The number of halogens is 1. The second-order valence-corrected chi connectivity index (χ2v) is 8.09. The third kappa shape index (κ3) is 4.45. The van der Waals surface area contributed by atoms with Crippen LogP contribution in [0.3, 0.4) is 0 Å². The SMILES string of the molecule is CCCOc1c(Br)cc(C=C(C#N)S(=O)(=O)c2ccccc2)cc1OC. The molecule has 0 saturated heterocycles. The second-order valence-electron chi connectivity index (χ2n) is 5.32. The number of allylic oxidation sites excluding steroid dienone is 1. The van der Waals surface area contributed by atoms with Crippen molar-refractivity contribution >= 4 is 31.8 Å². The monoisotopic (exact) mass is 435 g/mol. The molecule has 0 spiro atoms. The molecule has 0 aromatic heterocycles. The van der Waals surface area contributed by atoms with Gasteiger partial charge in [-0.1, -0.05) is 25.1 Å². The molecule has 0 aliphatic carbocycles. The van der Waals surface area contributed by atoms with Gasteiger partial charge in [0.05, 0.1) is 23.1 Å². The molecule has 2 rings (SSSR count). The molecule has 0 heterocycles. The van der Waals surface area contributed by atoms with Crippen LogP contribution in [0.4, 0.5) is 0 Å². The fraction of sp³-hybridized carbons (Fsp3) is 0.211. The largest absolute Gasteiger partial charge is 0.493 e. The molecule has 0 fully saturated rings. The summed E-state index contributed by atoms with van der Waals surface area (Å²) in [5, 5.41) is 9.39. The Morgan fingerprint density at radius 2 is 1.96 bits per heavy atom. The Kier molecular flexibility index (Phi) is 6.83. The van der Waals surface area contributed by atoms with Gasteiger partial charge in [0.15, 0.2) is 11.5 Å². The van der Waals surface area contributed by atoms with Gasteiger partial charge in [-0.05, 0) is 58.3 Å². The van der Waals surface area contributed by atoms with Crippen LogP contribution in [0.2, 0.25) is 0 Å². The van der Waals surface area contributed by atoms with E-state index < -0.39 is 9.84 Å². The van der Waals surface area contributed by atoms with Crippen molar-refractivity contribution in [2.24, 2.45) is 0 Å². The van der Waals surface area contributed by atoms with Gasteiger partial charge in [0.1, 0.15) is 11.0 Å². The molecule has 0 aliphatic rings. The molecule has 0 bridgehead atoms. The highest BCUT2D eigenvalue weighted by molar-refractivity contribution is 9.10. The molecule has 0 aliphatic heterocycles. The number of rotatable bonds is 7. The fourth-order valence-corrected chi connectivity index (χ4v) is 3.97. The van der Waals surface area contributed by atoms with Crippen molar-refractivity contribution in [3.63, 3.8) is 0 Å². The van der Waals surface area contributed by atoms with Crippen LogP contribution < -0.4 is 9.47 Å². The molecule has 26 heavy (non-hydrogen) atoms. The normalized spacial score (nSPS) is 11.7. The van der Waals surface area contributed by atoms with Gasteiger partial charge in [-0.25, -0.2) is 8.42 Å². The first-order valence-electron chi connectivity index (χ1n) is 7.86. The molecular formula is C19H18BrNO4S. The van der Waals surface area contributed by atoms with Crippen molar-refractivity contribution in [1.82, 2.24) is 0 Å². The van der Waals surface area contributed by atoms with Crippen LogP contribution in [-0.2, 0) is 9.84 Å². The van der Waals surface area contributed by atoms with E-state index in [0.29, 0.717) is 28.1 Å². The number of sulfone groups is 1. The number of ether oxygens (including phenoxy) is 2. The third-order valence-corrected chi connectivity index (χ3v) is 5.72. The lowest BCUT2D eigenvalue weighted by Gasteiger charge is -2.13. The average Bonchev–Trinajstić information content (AvgIpc) is 2.65. The summed E-state index contributed by atoms with van der Waals surface area (Å²) in [5.74, 6) is 0.990. The maximum atomic E-state index is 12.7. The van der Waals surface area contributed by atoms with Crippen LogP contribution in [0.1, 0.15) is 18.9 Å². The molecule has 136 valence electrons. The Morgan fingerprint density at radius 1 is 1.27 bits per heavy atom. The molecule has 5 nitrogen and oxygen atoms in total. The highest BCUT2D eigenvalue weighted by Crippen LogP contribution is 2.37. The van der Waals surface area contributed by atoms with Gasteiger partial charge in [-0.3, -0.25) is 0 Å². The third-order valence-electron chi connectivity index (χ3n) is 3.45. The zero-order chi connectivity index (χ0) is 19.2. The molecule has 2 aromatic carbocycles. The van der Waals surface area contributed by atoms with Crippen LogP contribution in [0.25, 0.3) is 6.08 Å².